The van der Waals surface area contributed by atoms with E-state index in [0.717, 1.165) is 0 Å². The summed E-state index contributed by atoms with van der Waals surface area (Å²) in [6, 6.07) is 1.36. The van der Waals surface area contributed by atoms with Crippen LogP contribution in [-0.2, 0) is 5.75 Å². The normalized spacial score (nSPS) is 9.83. The van der Waals surface area contributed by atoms with Crippen LogP contribution < -0.4 is 0 Å². The third-order valence-electron chi connectivity index (χ3n) is 1.31. The summed E-state index contributed by atoms with van der Waals surface area (Å²) in [5.74, 6) is -0.631. The minimum absolute atomic E-state index is 0.0885. The smallest absolute Gasteiger partial charge is 0.337 e. The summed E-state index contributed by atoms with van der Waals surface area (Å²) in [6.07, 6.45) is 1.26. The van der Waals surface area contributed by atoms with Crippen molar-refractivity contribution in [2.45, 2.75) is 5.75 Å². The van der Waals surface area contributed by atoms with Gasteiger partial charge in [-0.1, -0.05) is 11.6 Å². The molecule has 0 aromatic carbocycles. The summed E-state index contributed by atoms with van der Waals surface area (Å²) in [5, 5.41) is 8.89. The van der Waals surface area contributed by atoms with Crippen LogP contribution in [0, 0.1) is 0 Å². The van der Waals surface area contributed by atoms with E-state index in [0.29, 0.717) is 16.5 Å². The molecule has 0 unspecified atom stereocenters. The van der Waals surface area contributed by atoms with Crippen LogP contribution in [0.15, 0.2) is 12.3 Å². The largest absolute Gasteiger partial charge is 0.478 e. The third-order valence-corrected chi connectivity index (χ3v) is 1.94. The molecule has 3 nitrogen and oxygen atoms in total. The SMILES string of the molecule is O=C(O)c1cnc(CS)c(Cl)c1. The van der Waals surface area contributed by atoms with E-state index in [-0.39, 0.29) is 5.56 Å². The number of carboxylic acid groups (broad SMARTS) is 1. The van der Waals surface area contributed by atoms with Crippen molar-refractivity contribution < 1.29 is 9.90 Å². The van der Waals surface area contributed by atoms with Crippen molar-refractivity contribution in [3.63, 3.8) is 0 Å². The molecule has 1 N–H and O–H groups in total. The Morgan fingerprint density at radius 2 is 2.42 bits per heavy atom. The van der Waals surface area contributed by atoms with E-state index in [1.165, 1.54) is 12.3 Å². The molecular formula is C7H6ClNO2S. The summed E-state index contributed by atoms with van der Waals surface area (Å²) >= 11 is 9.67. The molecule has 1 heterocycles. The Bertz CT molecular complexity index is 316. The van der Waals surface area contributed by atoms with Gasteiger partial charge >= 0.3 is 5.97 Å². The van der Waals surface area contributed by atoms with Gasteiger partial charge in [0.2, 0.25) is 0 Å². The molecule has 0 radical (unpaired) electrons. The van der Waals surface area contributed by atoms with Crippen molar-refractivity contribution in [3.8, 4) is 0 Å². The fourth-order valence-electron chi connectivity index (χ4n) is 0.700. The first kappa shape index (κ1) is 9.35. The fraction of sp³-hybridized carbons (Fsp3) is 0.143. The van der Waals surface area contributed by atoms with Gasteiger partial charge in [0, 0.05) is 11.9 Å². The number of hydrogen-bond donors (Lipinski definition) is 2. The van der Waals surface area contributed by atoms with E-state index in [9.17, 15) is 4.79 Å². The second kappa shape index (κ2) is 3.78. The zero-order chi connectivity index (χ0) is 9.14. The number of hydrogen-bond acceptors (Lipinski definition) is 3. The van der Waals surface area contributed by atoms with Crippen molar-refractivity contribution in [2.24, 2.45) is 0 Å². The summed E-state index contributed by atoms with van der Waals surface area (Å²) in [4.78, 5) is 14.3. The minimum Gasteiger partial charge on any atom is -0.478 e. The molecule has 0 aliphatic heterocycles. The maximum Gasteiger partial charge on any atom is 0.337 e. The number of aromatic nitrogens is 1. The van der Waals surface area contributed by atoms with Gasteiger partial charge in [0.25, 0.3) is 0 Å². The highest BCUT2D eigenvalue weighted by Crippen LogP contribution is 2.16. The zero-order valence-electron chi connectivity index (χ0n) is 5.99. The van der Waals surface area contributed by atoms with E-state index in [1.807, 2.05) is 0 Å². The summed E-state index contributed by atoms with van der Waals surface area (Å²) in [5.41, 5.74) is 0.676. The van der Waals surface area contributed by atoms with Gasteiger partial charge in [0.15, 0.2) is 0 Å². The van der Waals surface area contributed by atoms with Crippen LogP contribution in [0.3, 0.4) is 0 Å². The van der Waals surface area contributed by atoms with Gasteiger partial charge in [-0.05, 0) is 6.07 Å². The molecule has 0 amide bonds. The van der Waals surface area contributed by atoms with Crippen LogP contribution in [0.4, 0.5) is 0 Å². The zero-order valence-corrected chi connectivity index (χ0v) is 7.64. The molecule has 0 fully saturated rings. The maximum absolute atomic E-state index is 10.4. The molecule has 0 spiro atoms. The quantitative estimate of drug-likeness (QED) is 0.722. The molecule has 0 aliphatic carbocycles. The lowest BCUT2D eigenvalue weighted by atomic mass is 10.2. The van der Waals surface area contributed by atoms with Gasteiger partial charge in [-0.15, -0.1) is 0 Å². The Morgan fingerprint density at radius 1 is 1.75 bits per heavy atom. The molecule has 64 valence electrons. The van der Waals surface area contributed by atoms with E-state index in [1.54, 1.807) is 0 Å². The van der Waals surface area contributed by atoms with E-state index in [4.69, 9.17) is 16.7 Å². The standard InChI is InChI=1S/C7H6ClNO2S/c8-5-1-4(7(10)11)2-9-6(5)3-12/h1-2,12H,3H2,(H,10,11). The van der Waals surface area contributed by atoms with Crippen LogP contribution in [0.5, 0.6) is 0 Å². The highest BCUT2D eigenvalue weighted by Gasteiger charge is 2.06. The Morgan fingerprint density at radius 3 is 2.83 bits per heavy atom. The monoisotopic (exact) mass is 203 g/mol. The highest BCUT2D eigenvalue weighted by atomic mass is 35.5. The van der Waals surface area contributed by atoms with Gasteiger partial charge in [0.05, 0.1) is 16.3 Å². The summed E-state index contributed by atoms with van der Waals surface area (Å²) in [7, 11) is 0. The number of aromatic carboxylic acids is 1. The number of nitrogens with zero attached hydrogens (tertiary/aromatic N) is 1. The van der Waals surface area contributed by atoms with Gasteiger partial charge in [-0.25, -0.2) is 4.79 Å². The number of rotatable bonds is 2. The Balaban J connectivity index is 3.10. The lowest BCUT2D eigenvalue weighted by Crippen LogP contribution is -1.98. The second-order valence-corrected chi connectivity index (χ2v) is 2.84. The van der Waals surface area contributed by atoms with E-state index in [2.05, 4.69) is 17.6 Å². The number of carboxylic acids is 1. The lowest BCUT2D eigenvalue weighted by molar-refractivity contribution is 0.0696. The van der Waals surface area contributed by atoms with E-state index >= 15 is 0 Å². The molecular weight excluding hydrogens is 198 g/mol. The first-order valence-corrected chi connectivity index (χ1v) is 4.14. The predicted molar refractivity (Wildman–Crippen MR) is 48.9 cm³/mol. The van der Waals surface area contributed by atoms with Crippen LogP contribution in [0.2, 0.25) is 5.02 Å². The average Bonchev–Trinajstić information content (AvgIpc) is 2.04. The molecule has 0 aliphatic rings. The Hall–Kier alpha value is -0.740. The Labute approximate surface area is 79.8 Å². The van der Waals surface area contributed by atoms with Gasteiger partial charge in [0.1, 0.15) is 0 Å². The van der Waals surface area contributed by atoms with Crippen molar-refractivity contribution in [3.05, 3.63) is 28.5 Å². The van der Waals surface area contributed by atoms with Crippen LogP contribution in [-0.4, -0.2) is 16.1 Å². The summed E-state index contributed by atoms with van der Waals surface area (Å²) < 4.78 is 0. The molecule has 1 aromatic heterocycles. The van der Waals surface area contributed by atoms with Crippen LogP contribution in [0.25, 0.3) is 0 Å². The third kappa shape index (κ3) is 1.89. The highest BCUT2D eigenvalue weighted by molar-refractivity contribution is 7.79. The second-order valence-electron chi connectivity index (χ2n) is 2.12. The molecule has 5 heteroatoms. The van der Waals surface area contributed by atoms with Crippen molar-refractivity contribution in [2.75, 3.05) is 0 Å². The van der Waals surface area contributed by atoms with Crippen molar-refractivity contribution >= 4 is 30.2 Å². The first-order valence-electron chi connectivity index (χ1n) is 3.13. The molecule has 0 atom stereocenters. The molecule has 0 bridgehead atoms. The van der Waals surface area contributed by atoms with Crippen molar-refractivity contribution in [1.82, 2.24) is 4.98 Å². The maximum atomic E-state index is 10.4. The molecule has 0 saturated heterocycles. The fourth-order valence-corrected chi connectivity index (χ4v) is 1.28. The molecule has 0 saturated carbocycles. The number of carbonyl (C=O) groups is 1. The van der Waals surface area contributed by atoms with Gasteiger partial charge in [-0.3, -0.25) is 4.98 Å². The predicted octanol–water partition coefficient (Wildman–Crippen LogP) is 1.86. The molecule has 1 aromatic rings. The minimum atomic E-state index is -1.03. The number of thiol groups is 1. The van der Waals surface area contributed by atoms with Crippen LogP contribution in [0.1, 0.15) is 16.1 Å². The average molecular weight is 204 g/mol. The van der Waals surface area contributed by atoms with Gasteiger partial charge in [-0.2, -0.15) is 12.6 Å². The lowest BCUT2D eigenvalue weighted by Gasteiger charge is -1.99. The number of halogens is 1. The topological polar surface area (TPSA) is 50.2 Å². The Kier molecular flexibility index (Phi) is 2.94. The summed E-state index contributed by atoms with van der Waals surface area (Å²) in [6.45, 7) is 0. The van der Waals surface area contributed by atoms with Crippen LogP contribution >= 0.6 is 24.2 Å². The van der Waals surface area contributed by atoms with E-state index < -0.39 is 5.97 Å². The van der Waals surface area contributed by atoms with Crippen molar-refractivity contribution in [1.29, 1.82) is 0 Å². The molecule has 1 rings (SSSR count). The first-order chi connectivity index (χ1) is 5.65. The van der Waals surface area contributed by atoms with Gasteiger partial charge < -0.3 is 5.11 Å². The number of pyridine rings is 1. The molecule has 12 heavy (non-hydrogen) atoms.